The molecule has 4 heteroatoms. The van der Waals surface area contributed by atoms with Crippen LogP contribution < -0.4 is 0 Å². The molecule has 1 aliphatic heterocycles. The molecule has 1 saturated heterocycles. The number of amides is 1. The minimum absolute atomic E-state index is 0.00338. The number of piperazine rings is 1. The van der Waals surface area contributed by atoms with Crippen molar-refractivity contribution in [1.82, 2.24) is 9.80 Å². The molecule has 0 radical (unpaired) electrons. The zero-order chi connectivity index (χ0) is 12.3. The Labute approximate surface area is 101 Å². The van der Waals surface area contributed by atoms with Crippen LogP contribution >= 0.6 is 0 Å². The van der Waals surface area contributed by atoms with Crippen LogP contribution in [0.3, 0.4) is 0 Å². The average Bonchev–Trinajstić information content (AvgIpc) is 2.76. The maximum Gasteiger partial charge on any atom is 0.289 e. The van der Waals surface area contributed by atoms with E-state index >= 15 is 0 Å². The Bertz CT molecular complexity index is 403. The highest BCUT2D eigenvalue weighted by Crippen LogP contribution is 2.11. The number of carbonyl (C=O) groups excluding carboxylic acids is 1. The van der Waals surface area contributed by atoms with Crippen molar-refractivity contribution in [3.63, 3.8) is 0 Å². The van der Waals surface area contributed by atoms with Crippen LogP contribution in [0.2, 0.25) is 0 Å². The van der Waals surface area contributed by atoms with Crippen molar-refractivity contribution in [2.45, 2.75) is 6.92 Å². The average molecular weight is 234 g/mol. The van der Waals surface area contributed by atoms with E-state index in [2.05, 4.69) is 11.5 Å². The molecule has 0 unspecified atom stereocenters. The van der Waals surface area contributed by atoms with Gasteiger partial charge in [-0.15, -0.1) is 6.58 Å². The van der Waals surface area contributed by atoms with Gasteiger partial charge in [0.05, 0.1) is 0 Å². The van der Waals surface area contributed by atoms with Crippen LogP contribution in [0, 0.1) is 6.92 Å². The predicted octanol–water partition coefficient (Wildman–Crippen LogP) is 1.53. The minimum Gasteiger partial charge on any atom is -0.456 e. The van der Waals surface area contributed by atoms with E-state index in [4.69, 9.17) is 4.42 Å². The summed E-state index contributed by atoms with van der Waals surface area (Å²) < 4.78 is 5.35. The standard InChI is InChI=1S/C13H18N2O2/c1-3-6-14-7-9-15(10-8-14)13(16)12-5-4-11(2)17-12/h3-5H,1,6-10H2,2H3. The van der Waals surface area contributed by atoms with Gasteiger partial charge in [-0.05, 0) is 19.1 Å². The van der Waals surface area contributed by atoms with Gasteiger partial charge in [0.25, 0.3) is 5.91 Å². The number of hydrogen-bond donors (Lipinski definition) is 0. The zero-order valence-electron chi connectivity index (χ0n) is 10.2. The summed E-state index contributed by atoms with van der Waals surface area (Å²) in [4.78, 5) is 16.2. The predicted molar refractivity (Wildman–Crippen MR) is 66.0 cm³/mol. The summed E-state index contributed by atoms with van der Waals surface area (Å²) in [5.41, 5.74) is 0. The van der Waals surface area contributed by atoms with Gasteiger partial charge in [0.15, 0.2) is 5.76 Å². The van der Waals surface area contributed by atoms with Crippen LogP contribution in [0.15, 0.2) is 29.2 Å². The Morgan fingerprint density at radius 1 is 1.41 bits per heavy atom. The lowest BCUT2D eigenvalue weighted by molar-refractivity contribution is 0.0617. The highest BCUT2D eigenvalue weighted by atomic mass is 16.3. The SMILES string of the molecule is C=CCN1CCN(C(=O)c2ccc(C)o2)CC1. The van der Waals surface area contributed by atoms with Crippen molar-refractivity contribution >= 4 is 5.91 Å². The summed E-state index contributed by atoms with van der Waals surface area (Å²) in [6, 6.07) is 3.56. The third-order valence-corrected chi connectivity index (χ3v) is 3.00. The molecule has 0 aromatic carbocycles. The molecule has 1 fully saturated rings. The van der Waals surface area contributed by atoms with Crippen LogP contribution in [0.5, 0.6) is 0 Å². The molecule has 1 amide bonds. The minimum atomic E-state index is -0.00338. The van der Waals surface area contributed by atoms with Gasteiger partial charge in [-0.2, -0.15) is 0 Å². The summed E-state index contributed by atoms with van der Waals surface area (Å²) in [7, 11) is 0. The summed E-state index contributed by atoms with van der Waals surface area (Å²) >= 11 is 0. The van der Waals surface area contributed by atoms with Crippen molar-refractivity contribution in [3.05, 3.63) is 36.3 Å². The summed E-state index contributed by atoms with van der Waals surface area (Å²) in [5.74, 6) is 1.22. The molecule has 2 heterocycles. The number of carbonyl (C=O) groups is 1. The molecule has 0 spiro atoms. The van der Waals surface area contributed by atoms with Gasteiger partial charge in [-0.3, -0.25) is 9.69 Å². The molecule has 0 N–H and O–H groups in total. The van der Waals surface area contributed by atoms with Gasteiger partial charge in [0.2, 0.25) is 0 Å². The first-order valence-corrected chi connectivity index (χ1v) is 5.89. The second-order valence-corrected chi connectivity index (χ2v) is 4.29. The first-order chi connectivity index (χ1) is 8.20. The Morgan fingerprint density at radius 3 is 2.65 bits per heavy atom. The van der Waals surface area contributed by atoms with Gasteiger partial charge >= 0.3 is 0 Å². The van der Waals surface area contributed by atoms with E-state index in [1.165, 1.54) is 0 Å². The summed E-state index contributed by atoms with van der Waals surface area (Å²) in [5, 5.41) is 0. The van der Waals surface area contributed by atoms with E-state index in [1.54, 1.807) is 6.07 Å². The highest BCUT2D eigenvalue weighted by molar-refractivity contribution is 5.91. The largest absolute Gasteiger partial charge is 0.456 e. The second-order valence-electron chi connectivity index (χ2n) is 4.29. The van der Waals surface area contributed by atoms with Crippen LogP contribution in [0.1, 0.15) is 16.3 Å². The topological polar surface area (TPSA) is 36.7 Å². The zero-order valence-corrected chi connectivity index (χ0v) is 10.2. The molecule has 0 aliphatic carbocycles. The molecule has 1 aliphatic rings. The molecule has 0 atom stereocenters. The van der Waals surface area contributed by atoms with Gasteiger partial charge < -0.3 is 9.32 Å². The van der Waals surface area contributed by atoms with Gasteiger partial charge in [-0.25, -0.2) is 0 Å². The van der Waals surface area contributed by atoms with E-state index in [0.29, 0.717) is 5.76 Å². The Balaban J connectivity index is 1.92. The summed E-state index contributed by atoms with van der Waals surface area (Å²) in [6.07, 6.45) is 1.90. The third kappa shape index (κ3) is 2.77. The Morgan fingerprint density at radius 2 is 2.12 bits per heavy atom. The number of hydrogen-bond acceptors (Lipinski definition) is 3. The fraction of sp³-hybridized carbons (Fsp3) is 0.462. The molecule has 4 nitrogen and oxygen atoms in total. The maximum atomic E-state index is 12.1. The third-order valence-electron chi connectivity index (χ3n) is 3.00. The molecule has 2 rings (SSSR count). The molecular weight excluding hydrogens is 216 g/mol. The lowest BCUT2D eigenvalue weighted by atomic mass is 10.3. The number of aryl methyl sites for hydroxylation is 1. The van der Waals surface area contributed by atoms with Crippen molar-refractivity contribution in [2.75, 3.05) is 32.7 Å². The van der Waals surface area contributed by atoms with Crippen molar-refractivity contribution in [1.29, 1.82) is 0 Å². The van der Waals surface area contributed by atoms with Gasteiger partial charge in [-0.1, -0.05) is 6.08 Å². The normalized spacial score (nSPS) is 17.1. The molecule has 0 bridgehead atoms. The van der Waals surface area contributed by atoms with E-state index in [-0.39, 0.29) is 5.91 Å². The fourth-order valence-corrected chi connectivity index (χ4v) is 2.02. The smallest absolute Gasteiger partial charge is 0.289 e. The number of rotatable bonds is 3. The first-order valence-electron chi connectivity index (χ1n) is 5.89. The molecule has 1 aromatic rings. The Hall–Kier alpha value is -1.55. The van der Waals surface area contributed by atoms with Crippen molar-refractivity contribution in [3.8, 4) is 0 Å². The lowest BCUT2D eigenvalue weighted by Crippen LogP contribution is -2.48. The second kappa shape index (κ2) is 5.19. The van der Waals surface area contributed by atoms with Crippen molar-refractivity contribution in [2.24, 2.45) is 0 Å². The maximum absolute atomic E-state index is 12.1. The van der Waals surface area contributed by atoms with Crippen LogP contribution in [0.4, 0.5) is 0 Å². The molecular formula is C13H18N2O2. The van der Waals surface area contributed by atoms with Crippen LogP contribution in [-0.2, 0) is 0 Å². The highest BCUT2D eigenvalue weighted by Gasteiger charge is 2.23. The van der Waals surface area contributed by atoms with Crippen LogP contribution in [0.25, 0.3) is 0 Å². The summed E-state index contributed by atoms with van der Waals surface area (Å²) in [6.45, 7) is 9.77. The monoisotopic (exact) mass is 234 g/mol. The van der Waals surface area contributed by atoms with Gasteiger partial charge in [0.1, 0.15) is 5.76 Å². The van der Waals surface area contributed by atoms with E-state index in [1.807, 2.05) is 24.0 Å². The molecule has 0 saturated carbocycles. The van der Waals surface area contributed by atoms with Crippen molar-refractivity contribution < 1.29 is 9.21 Å². The Kier molecular flexibility index (Phi) is 3.64. The first kappa shape index (κ1) is 11.9. The lowest BCUT2D eigenvalue weighted by Gasteiger charge is -2.33. The van der Waals surface area contributed by atoms with Gasteiger partial charge in [0, 0.05) is 32.7 Å². The fourth-order valence-electron chi connectivity index (χ4n) is 2.02. The molecule has 17 heavy (non-hydrogen) atoms. The number of nitrogens with zero attached hydrogens (tertiary/aromatic N) is 2. The van der Waals surface area contributed by atoms with Crippen LogP contribution in [-0.4, -0.2) is 48.4 Å². The number of furan rings is 1. The van der Waals surface area contributed by atoms with E-state index in [9.17, 15) is 4.79 Å². The van der Waals surface area contributed by atoms with E-state index < -0.39 is 0 Å². The van der Waals surface area contributed by atoms with E-state index in [0.717, 1.165) is 38.5 Å². The molecule has 1 aromatic heterocycles. The molecule has 92 valence electrons. The quantitative estimate of drug-likeness (QED) is 0.744.